The molecule has 1 saturated heterocycles. The number of amides is 1. The number of carboxylic acid groups (broad SMARTS) is 1. The molecule has 1 saturated carbocycles. The number of ether oxygens (including phenoxy) is 2. The fourth-order valence-electron chi connectivity index (χ4n) is 3.51. The van der Waals surface area contributed by atoms with Crippen molar-refractivity contribution in [2.24, 2.45) is 5.92 Å². The summed E-state index contributed by atoms with van der Waals surface area (Å²) in [6.07, 6.45) is 3.43. The van der Waals surface area contributed by atoms with Crippen molar-refractivity contribution in [1.82, 2.24) is 4.90 Å². The highest BCUT2D eigenvalue weighted by Gasteiger charge is 2.40. The molecule has 1 aliphatic heterocycles. The van der Waals surface area contributed by atoms with E-state index in [9.17, 15) is 9.59 Å². The molecule has 1 aromatic rings. The predicted molar refractivity (Wildman–Crippen MR) is 82.9 cm³/mol. The smallest absolute Gasteiger partial charge is 0.341 e. The van der Waals surface area contributed by atoms with Crippen LogP contribution in [0.5, 0.6) is 11.5 Å². The number of rotatable bonds is 6. The van der Waals surface area contributed by atoms with Gasteiger partial charge in [0.05, 0.1) is 6.61 Å². The van der Waals surface area contributed by atoms with E-state index in [1.165, 1.54) is 6.42 Å². The van der Waals surface area contributed by atoms with Gasteiger partial charge >= 0.3 is 5.97 Å². The van der Waals surface area contributed by atoms with Gasteiger partial charge in [-0.15, -0.1) is 0 Å². The first-order valence-corrected chi connectivity index (χ1v) is 8.01. The van der Waals surface area contributed by atoms with Gasteiger partial charge in [0.2, 0.25) is 0 Å². The number of nitrogens with zero attached hydrogens (tertiary/aromatic N) is 1. The summed E-state index contributed by atoms with van der Waals surface area (Å²) in [7, 11) is 0. The third-order valence-corrected chi connectivity index (χ3v) is 4.51. The molecular formula is C17H21NO5. The normalized spacial score (nSPS) is 22.2. The number of benzene rings is 1. The summed E-state index contributed by atoms with van der Waals surface area (Å²) in [5.41, 5.74) is 0.559. The zero-order chi connectivity index (χ0) is 16.4. The Bertz CT molecular complexity index is 615. The first-order valence-electron chi connectivity index (χ1n) is 8.01. The molecule has 1 heterocycles. The van der Waals surface area contributed by atoms with E-state index in [1.807, 2.05) is 11.8 Å². The maximum atomic E-state index is 12.7. The highest BCUT2D eigenvalue weighted by Crippen LogP contribution is 2.38. The molecule has 2 unspecified atom stereocenters. The second-order valence-electron chi connectivity index (χ2n) is 6.07. The molecule has 1 aromatic carbocycles. The number of carbonyl (C=O) groups excluding carboxylic acids is 1. The maximum Gasteiger partial charge on any atom is 0.341 e. The first-order chi connectivity index (χ1) is 11.1. The van der Waals surface area contributed by atoms with Crippen LogP contribution in [0.4, 0.5) is 0 Å². The Morgan fingerprint density at radius 3 is 2.70 bits per heavy atom. The molecule has 124 valence electrons. The van der Waals surface area contributed by atoms with E-state index in [2.05, 4.69) is 0 Å². The van der Waals surface area contributed by atoms with E-state index >= 15 is 0 Å². The van der Waals surface area contributed by atoms with Gasteiger partial charge in [-0.05, 0) is 50.3 Å². The largest absolute Gasteiger partial charge is 0.490 e. The molecule has 2 bridgehead atoms. The van der Waals surface area contributed by atoms with Crippen molar-refractivity contribution in [3.05, 3.63) is 23.8 Å². The molecule has 23 heavy (non-hydrogen) atoms. The Labute approximate surface area is 135 Å². The number of carboxylic acids is 1. The van der Waals surface area contributed by atoms with E-state index in [1.54, 1.807) is 18.2 Å². The highest BCUT2D eigenvalue weighted by atomic mass is 16.5. The van der Waals surface area contributed by atoms with Crippen molar-refractivity contribution >= 4 is 11.9 Å². The average molecular weight is 319 g/mol. The lowest BCUT2D eigenvalue weighted by Crippen LogP contribution is -2.37. The molecule has 0 aromatic heterocycles. The van der Waals surface area contributed by atoms with Gasteiger partial charge in [-0.3, -0.25) is 4.79 Å². The van der Waals surface area contributed by atoms with Crippen LogP contribution in [0.25, 0.3) is 0 Å². The highest BCUT2D eigenvalue weighted by molar-refractivity contribution is 5.95. The topological polar surface area (TPSA) is 76.1 Å². The van der Waals surface area contributed by atoms with Gasteiger partial charge in [0, 0.05) is 18.2 Å². The number of fused-ring (bicyclic) bond motifs is 2. The number of hydrogen-bond acceptors (Lipinski definition) is 4. The van der Waals surface area contributed by atoms with Crippen LogP contribution in [-0.4, -0.2) is 47.7 Å². The van der Waals surface area contributed by atoms with E-state index in [0.29, 0.717) is 35.6 Å². The van der Waals surface area contributed by atoms with Gasteiger partial charge in [0.1, 0.15) is 0 Å². The molecule has 2 fully saturated rings. The van der Waals surface area contributed by atoms with Gasteiger partial charge in [-0.1, -0.05) is 0 Å². The summed E-state index contributed by atoms with van der Waals surface area (Å²) in [5.74, 6) is 0.356. The standard InChI is InChI=1S/C17H21NO5/c1-2-22-15-8-12(4-6-14(15)23-10-16(19)20)17(21)18-9-11-3-5-13(18)7-11/h4,6,8,11,13H,2-3,5,7,9-10H2,1H3,(H,19,20). The molecule has 1 aliphatic carbocycles. The molecule has 0 radical (unpaired) electrons. The Balaban J connectivity index is 1.78. The van der Waals surface area contributed by atoms with E-state index in [-0.39, 0.29) is 5.91 Å². The lowest BCUT2D eigenvalue weighted by atomic mass is 10.1. The lowest BCUT2D eigenvalue weighted by molar-refractivity contribution is -0.139. The summed E-state index contributed by atoms with van der Waals surface area (Å²) in [6, 6.07) is 5.30. The van der Waals surface area contributed by atoms with Crippen molar-refractivity contribution in [2.75, 3.05) is 19.8 Å². The van der Waals surface area contributed by atoms with Crippen LogP contribution in [0.3, 0.4) is 0 Å². The van der Waals surface area contributed by atoms with Crippen LogP contribution in [0.15, 0.2) is 18.2 Å². The summed E-state index contributed by atoms with van der Waals surface area (Å²) in [5, 5.41) is 8.72. The fraction of sp³-hybridized carbons (Fsp3) is 0.529. The predicted octanol–water partition coefficient (Wildman–Crippen LogP) is 2.17. The molecule has 6 nitrogen and oxygen atoms in total. The van der Waals surface area contributed by atoms with Crippen molar-refractivity contribution in [3.63, 3.8) is 0 Å². The monoisotopic (exact) mass is 319 g/mol. The molecule has 2 atom stereocenters. The molecular weight excluding hydrogens is 298 g/mol. The summed E-state index contributed by atoms with van der Waals surface area (Å²) >= 11 is 0. The SMILES string of the molecule is CCOc1cc(C(=O)N2CC3CCC2C3)ccc1OCC(=O)O. The number of piperidine rings is 1. The number of carbonyl (C=O) groups is 2. The lowest BCUT2D eigenvalue weighted by Gasteiger charge is -2.27. The van der Waals surface area contributed by atoms with Crippen molar-refractivity contribution < 1.29 is 24.2 Å². The molecule has 1 N–H and O–H groups in total. The van der Waals surface area contributed by atoms with Crippen LogP contribution in [-0.2, 0) is 4.79 Å². The quantitative estimate of drug-likeness (QED) is 0.869. The molecule has 6 heteroatoms. The van der Waals surface area contributed by atoms with E-state index in [0.717, 1.165) is 19.4 Å². The minimum absolute atomic E-state index is 0.0166. The van der Waals surface area contributed by atoms with Crippen LogP contribution in [0, 0.1) is 5.92 Å². The van der Waals surface area contributed by atoms with Crippen LogP contribution >= 0.6 is 0 Å². The summed E-state index contributed by atoms with van der Waals surface area (Å²) < 4.78 is 10.7. The Hall–Kier alpha value is -2.24. The fourth-order valence-corrected chi connectivity index (χ4v) is 3.51. The van der Waals surface area contributed by atoms with E-state index in [4.69, 9.17) is 14.6 Å². The Morgan fingerprint density at radius 1 is 1.26 bits per heavy atom. The van der Waals surface area contributed by atoms with Crippen LogP contribution in [0.2, 0.25) is 0 Å². The number of hydrogen-bond donors (Lipinski definition) is 1. The first kappa shape index (κ1) is 15.6. The Kier molecular flexibility index (Phi) is 4.41. The van der Waals surface area contributed by atoms with Crippen LogP contribution in [0.1, 0.15) is 36.5 Å². The zero-order valence-electron chi connectivity index (χ0n) is 13.2. The molecule has 0 spiro atoms. The minimum Gasteiger partial charge on any atom is -0.490 e. The summed E-state index contributed by atoms with van der Waals surface area (Å²) in [6.45, 7) is 2.64. The third-order valence-electron chi connectivity index (χ3n) is 4.51. The number of likely N-dealkylation sites (tertiary alicyclic amines) is 1. The van der Waals surface area contributed by atoms with Crippen molar-refractivity contribution in [1.29, 1.82) is 0 Å². The minimum atomic E-state index is -1.05. The Morgan fingerprint density at radius 2 is 2.09 bits per heavy atom. The summed E-state index contributed by atoms with van der Waals surface area (Å²) in [4.78, 5) is 25.3. The number of aliphatic carboxylic acids is 1. The second-order valence-corrected chi connectivity index (χ2v) is 6.07. The molecule has 1 amide bonds. The van der Waals surface area contributed by atoms with Gasteiger partial charge in [-0.25, -0.2) is 4.79 Å². The zero-order valence-corrected chi connectivity index (χ0v) is 13.2. The molecule has 3 rings (SSSR count). The van der Waals surface area contributed by atoms with Gasteiger partial charge in [-0.2, -0.15) is 0 Å². The van der Waals surface area contributed by atoms with E-state index < -0.39 is 12.6 Å². The maximum absolute atomic E-state index is 12.7. The third kappa shape index (κ3) is 3.25. The van der Waals surface area contributed by atoms with Gasteiger partial charge < -0.3 is 19.5 Å². The second kappa shape index (κ2) is 6.48. The van der Waals surface area contributed by atoms with Gasteiger partial charge in [0.15, 0.2) is 18.1 Å². The molecule has 2 aliphatic rings. The van der Waals surface area contributed by atoms with Crippen molar-refractivity contribution in [3.8, 4) is 11.5 Å². The van der Waals surface area contributed by atoms with Gasteiger partial charge in [0.25, 0.3) is 5.91 Å². The van der Waals surface area contributed by atoms with Crippen molar-refractivity contribution in [2.45, 2.75) is 32.2 Å². The average Bonchev–Trinajstić information content (AvgIpc) is 3.16. The van der Waals surface area contributed by atoms with Crippen LogP contribution < -0.4 is 9.47 Å².